The van der Waals surface area contributed by atoms with Crippen LogP contribution in [0.5, 0.6) is 0 Å². The van der Waals surface area contributed by atoms with E-state index in [4.69, 9.17) is 23.7 Å². The van der Waals surface area contributed by atoms with Crippen molar-refractivity contribution in [1.82, 2.24) is 0 Å². The number of rotatable bonds is 13. The normalized spacial score (nSPS) is 20.6. The molecule has 0 aliphatic carbocycles. The van der Waals surface area contributed by atoms with Gasteiger partial charge in [-0.3, -0.25) is 0 Å². The fourth-order valence-corrected chi connectivity index (χ4v) is 4.76. The third-order valence-corrected chi connectivity index (χ3v) is 6.85. The molecule has 1 aliphatic rings. The Morgan fingerprint density at radius 1 is 0.500 bits per heavy atom. The Bertz CT molecular complexity index is 1280. The summed E-state index contributed by atoms with van der Waals surface area (Å²) < 4.78 is 32.1. The van der Waals surface area contributed by atoms with Gasteiger partial charge in [-0.05, 0) is 22.3 Å². The molecule has 0 bridgehead atoms. The zero-order chi connectivity index (χ0) is 27.4. The van der Waals surface area contributed by atoms with Crippen molar-refractivity contribution >= 4 is 0 Å². The van der Waals surface area contributed by atoms with E-state index >= 15 is 0 Å². The molecule has 0 aromatic heterocycles. The van der Waals surface area contributed by atoms with Crippen LogP contribution in [0.3, 0.4) is 0 Å². The summed E-state index contributed by atoms with van der Waals surface area (Å²) in [7, 11) is 0. The van der Waals surface area contributed by atoms with Crippen molar-refractivity contribution in [2.75, 3.05) is 6.61 Å². The summed E-state index contributed by atoms with van der Waals surface area (Å²) in [6, 6.07) is 40.4. The van der Waals surface area contributed by atoms with Crippen molar-refractivity contribution in [2.45, 2.75) is 50.8 Å². The highest BCUT2D eigenvalue weighted by atomic mass is 16.6. The summed E-state index contributed by atoms with van der Waals surface area (Å²) in [5.41, 5.74) is 4.30. The zero-order valence-electron chi connectivity index (χ0n) is 22.6. The predicted molar refractivity (Wildman–Crippen MR) is 155 cm³/mol. The molecule has 0 amide bonds. The Balaban J connectivity index is 1.36. The molecule has 0 radical (unpaired) electrons. The second-order valence-electron chi connectivity index (χ2n) is 9.86. The second kappa shape index (κ2) is 14.6. The molecule has 1 saturated heterocycles. The lowest BCUT2D eigenvalue weighted by molar-refractivity contribution is -0.223. The van der Waals surface area contributed by atoms with Gasteiger partial charge < -0.3 is 23.7 Å². The molecule has 0 N–H and O–H groups in total. The molecule has 1 aliphatic heterocycles. The first-order valence-corrected chi connectivity index (χ1v) is 13.7. The molecule has 40 heavy (non-hydrogen) atoms. The SMILES string of the molecule is C=C1OC(COCc2ccccc2)[C@H](OCc2ccccc2)[C@H](OCc2ccccc2)C1OCc1ccccc1. The van der Waals surface area contributed by atoms with Gasteiger partial charge in [-0.1, -0.05) is 128 Å². The van der Waals surface area contributed by atoms with E-state index < -0.39 is 24.4 Å². The summed E-state index contributed by atoms with van der Waals surface area (Å²) in [4.78, 5) is 0. The molecule has 1 heterocycles. The molecule has 4 aromatic rings. The lowest BCUT2D eigenvalue weighted by Gasteiger charge is -2.43. The van der Waals surface area contributed by atoms with Gasteiger partial charge >= 0.3 is 0 Å². The summed E-state index contributed by atoms with van der Waals surface area (Å²) >= 11 is 0. The van der Waals surface area contributed by atoms with Crippen LogP contribution < -0.4 is 0 Å². The van der Waals surface area contributed by atoms with E-state index in [0.717, 1.165) is 22.3 Å². The van der Waals surface area contributed by atoms with E-state index in [-0.39, 0.29) is 0 Å². The maximum Gasteiger partial charge on any atom is 0.150 e. The maximum absolute atomic E-state index is 6.59. The van der Waals surface area contributed by atoms with Gasteiger partial charge in [-0.15, -0.1) is 0 Å². The van der Waals surface area contributed by atoms with Crippen LogP contribution in [-0.4, -0.2) is 31.0 Å². The van der Waals surface area contributed by atoms with Crippen LogP contribution in [0, 0.1) is 0 Å². The minimum Gasteiger partial charge on any atom is -0.487 e. The number of hydrogen-bond acceptors (Lipinski definition) is 5. The van der Waals surface area contributed by atoms with Crippen LogP contribution in [0.2, 0.25) is 0 Å². The van der Waals surface area contributed by atoms with Crippen LogP contribution in [0.4, 0.5) is 0 Å². The van der Waals surface area contributed by atoms with Gasteiger partial charge in [-0.2, -0.15) is 0 Å². The topological polar surface area (TPSA) is 46.2 Å². The Morgan fingerprint density at radius 3 is 1.38 bits per heavy atom. The summed E-state index contributed by atoms with van der Waals surface area (Å²) in [5.74, 6) is 0.516. The third-order valence-electron chi connectivity index (χ3n) is 6.85. The van der Waals surface area contributed by atoms with Crippen molar-refractivity contribution in [3.05, 3.63) is 156 Å². The molecular weight excluding hydrogens is 500 g/mol. The highest BCUT2D eigenvalue weighted by Crippen LogP contribution is 2.32. The molecular formula is C35H36O5. The lowest BCUT2D eigenvalue weighted by Crippen LogP contribution is -2.56. The summed E-state index contributed by atoms with van der Waals surface area (Å²) in [6.45, 7) is 6.26. The van der Waals surface area contributed by atoms with Gasteiger partial charge in [0.1, 0.15) is 24.1 Å². The molecule has 0 spiro atoms. The van der Waals surface area contributed by atoms with Gasteiger partial charge in [0.15, 0.2) is 6.10 Å². The highest BCUT2D eigenvalue weighted by molar-refractivity contribution is 5.17. The maximum atomic E-state index is 6.59. The van der Waals surface area contributed by atoms with Gasteiger partial charge in [0, 0.05) is 0 Å². The lowest BCUT2D eigenvalue weighted by atomic mass is 9.97. The minimum absolute atomic E-state index is 0.323. The number of hydrogen-bond donors (Lipinski definition) is 0. The van der Waals surface area contributed by atoms with E-state index in [1.165, 1.54) is 0 Å². The Kier molecular flexibility index (Phi) is 10.1. The predicted octanol–water partition coefficient (Wildman–Crippen LogP) is 6.87. The quantitative estimate of drug-likeness (QED) is 0.187. The van der Waals surface area contributed by atoms with Gasteiger partial charge in [0.25, 0.3) is 0 Å². The van der Waals surface area contributed by atoms with Gasteiger partial charge in [0.05, 0.1) is 33.0 Å². The van der Waals surface area contributed by atoms with Crippen LogP contribution in [0.1, 0.15) is 22.3 Å². The highest BCUT2D eigenvalue weighted by Gasteiger charge is 2.46. The molecule has 2 unspecified atom stereocenters. The molecule has 5 rings (SSSR count). The van der Waals surface area contributed by atoms with Crippen molar-refractivity contribution in [1.29, 1.82) is 0 Å². The van der Waals surface area contributed by atoms with E-state index in [9.17, 15) is 0 Å². The summed E-state index contributed by atoms with van der Waals surface area (Å²) in [5, 5.41) is 0. The van der Waals surface area contributed by atoms with Crippen molar-refractivity contribution in [3.63, 3.8) is 0 Å². The van der Waals surface area contributed by atoms with Crippen molar-refractivity contribution in [2.24, 2.45) is 0 Å². The first kappa shape index (κ1) is 27.8. The first-order valence-electron chi connectivity index (χ1n) is 13.7. The minimum atomic E-state index is -0.518. The molecule has 0 saturated carbocycles. The van der Waals surface area contributed by atoms with E-state index in [0.29, 0.717) is 38.8 Å². The van der Waals surface area contributed by atoms with E-state index in [2.05, 4.69) is 6.58 Å². The van der Waals surface area contributed by atoms with Crippen molar-refractivity contribution in [3.8, 4) is 0 Å². The van der Waals surface area contributed by atoms with Crippen LogP contribution >= 0.6 is 0 Å². The first-order chi connectivity index (χ1) is 19.8. The Morgan fingerprint density at radius 2 is 0.900 bits per heavy atom. The van der Waals surface area contributed by atoms with Gasteiger partial charge in [0.2, 0.25) is 0 Å². The Labute approximate surface area is 236 Å². The average Bonchev–Trinajstić information content (AvgIpc) is 3.01. The largest absolute Gasteiger partial charge is 0.487 e. The van der Waals surface area contributed by atoms with Crippen LogP contribution in [0.15, 0.2) is 134 Å². The fourth-order valence-electron chi connectivity index (χ4n) is 4.76. The molecule has 206 valence electrons. The Hall–Kier alpha value is -3.74. The average molecular weight is 537 g/mol. The zero-order valence-corrected chi connectivity index (χ0v) is 22.6. The standard InChI is InChI=1S/C35H36O5/c1-27-33(37-23-29-16-8-3-9-17-29)35(39-25-31-20-12-5-13-21-31)34(38-24-30-18-10-4-11-19-30)32(40-27)26-36-22-28-14-6-2-7-15-28/h2-21,32-35H,1,22-26H2/t32?,33?,34-,35+/m0/s1. The smallest absolute Gasteiger partial charge is 0.150 e. The van der Waals surface area contributed by atoms with Crippen LogP contribution in [0.25, 0.3) is 0 Å². The monoisotopic (exact) mass is 536 g/mol. The van der Waals surface area contributed by atoms with Gasteiger partial charge in [-0.25, -0.2) is 0 Å². The van der Waals surface area contributed by atoms with E-state index in [1.54, 1.807) is 0 Å². The molecule has 4 atom stereocenters. The van der Waals surface area contributed by atoms with E-state index in [1.807, 2.05) is 121 Å². The number of ether oxygens (including phenoxy) is 5. The molecule has 5 heteroatoms. The molecule has 5 nitrogen and oxygen atoms in total. The third kappa shape index (κ3) is 7.90. The molecule has 1 fully saturated rings. The second-order valence-corrected chi connectivity index (χ2v) is 9.86. The van der Waals surface area contributed by atoms with Crippen molar-refractivity contribution < 1.29 is 23.7 Å². The number of benzene rings is 4. The molecule has 4 aromatic carbocycles. The fraction of sp³-hybridized carbons (Fsp3) is 0.257. The summed E-state index contributed by atoms with van der Waals surface area (Å²) in [6.07, 6.45) is -1.85. The van der Waals surface area contributed by atoms with Crippen LogP contribution in [-0.2, 0) is 50.1 Å².